The van der Waals surface area contributed by atoms with Gasteiger partial charge in [0.15, 0.2) is 0 Å². The van der Waals surface area contributed by atoms with Crippen molar-refractivity contribution in [3.63, 3.8) is 0 Å². The topological polar surface area (TPSA) is 98.7 Å². The molecule has 0 aliphatic carbocycles. The van der Waals surface area contributed by atoms with Gasteiger partial charge in [-0.1, -0.05) is 6.58 Å². The van der Waals surface area contributed by atoms with Crippen LogP contribution in [0.3, 0.4) is 0 Å². The average molecular weight is 246 g/mol. The van der Waals surface area contributed by atoms with E-state index in [1.165, 1.54) is 18.2 Å². The predicted octanol–water partition coefficient (Wildman–Crippen LogP) is 0.0710. The molecule has 0 saturated carbocycles. The van der Waals surface area contributed by atoms with Crippen molar-refractivity contribution in [2.24, 2.45) is 0 Å². The number of carboxylic acid groups (broad SMARTS) is 1. The Balaban J connectivity index is 0.00000256. The first-order valence-electron chi connectivity index (χ1n) is 4.29. The van der Waals surface area contributed by atoms with E-state index in [0.717, 1.165) is 6.08 Å². The number of carbonyl (C=O) groups is 2. The van der Waals surface area contributed by atoms with Gasteiger partial charge in [0, 0.05) is 6.07 Å². The van der Waals surface area contributed by atoms with Gasteiger partial charge in [0.2, 0.25) is 0 Å². The zero-order chi connectivity index (χ0) is 12.1. The number of anilines is 1. The third-order valence-corrected chi connectivity index (χ3v) is 1.74. The van der Waals surface area contributed by atoms with E-state index in [4.69, 9.17) is 5.11 Å². The molecule has 4 N–H and O–H groups in total. The van der Waals surface area contributed by atoms with Gasteiger partial charge in [0.1, 0.15) is 11.3 Å². The summed E-state index contributed by atoms with van der Waals surface area (Å²) in [5, 5.41) is 18.0. The first-order chi connectivity index (χ1) is 7.54. The zero-order valence-corrected chi connectivity index (χ0v) is 8.23. The molecule has 0 aromatic heterocycles. The van der Waals surface area contributed by atoms with Gasteiger partial charge in [-0.05, 0) is 18.2 Å². The molecule has 0 fully saturated rings. The van der Waals surface area contributed by atoms with Crippen molar-refractivity contribution in [1.82, 2.24) is 5.43 Å². The van der Waals surface area contributed by atoms with Crippen LogP contribution in [0.15, 0.2) is 30.9 Å². The second kappa shape index (κ2) is 6.95. The predicted molar refractivity (Wildman–Crippen MR) is 64.2 cm³/mol. The quantitative estimate of drug-likeness (QED) is 0.342. The van der Waals surface area contributed by atoms with Crippen molar-refractivity contribution in [2.45, 2.75) is 0 Å². The fourth-order valence-corrected chi connectivity index (χ4v) is 0.975. The summed E-state index contributed by atoms with van der Waals surface area (Å²) < 4.78 is 0. The molecule has 1 rings (SSSR count). The molecule has 0 heterocycles. The van der Waals surface area contributed by atoms with E-state index in [1.54, 1.807) is 0 Å². The number of carboxylic acids is 1. The molecule has 6 nitrogen and oxygen atoms in total. The molecular weight excluding hydrogens is 235 g/mol. The van der Waals surface area contributed by atoms with E-state index in [1.807, 2.05) is 0 Å². The molecule has 1 aromatic carbocycles. The summed E-state index contributed by atoms with van der Waals surface area (Å²) in [6, 6.07) is 3.82. The summed E-state index contributed by atoms with van der Waals surface area (Å²) in [7, 11) is 0. The molecule has 0 atom stereocenters. The van der Waals surface area contributed by atoms with E-state index in [0.29, 0.717) is 5.69 Å². The number of aromatic carboxylic acids is 1. The van der Waals surface area contributed by atoms with Crippen LogP contribution in [-0.2, 0) is 4.79 Å². The van der Waals surface area contributed by atoms with Crippen molar-refractivity contribution in [1.29, 1.82) is 0 Å². The van der Waals surface area contributed by atoms with E-state index >= 15 is 0 Å². The Bertz CT molecular complexity index is 448. The molecule has 0 aliphatic heterocycles. The number of hydrogen-bond donors (Lipinski definition) is 4. The summed E-state index contributed by atoms with van der Waals surface area (Å²) in [5.41, 5.74) is 4.89. The van der Waals surface area contributed by atoms with E-state index in [-0.39, 0.29) is 40.9 Å². The van der Waals surface area contributed by atoms with Gasteiger partial charge in [-0.3, -0.25) is 15.6 Å². The van der Waals surface area contributed by atoms with Crippen LogP contribution >= 0.6 is 0 Å². The molecule has 0 bridgehead atoms. The minimum atomic E-state index is -1.22. The maximum atomic E-state index is 10.8. The number of rotatable bonds is 4. The fourth-order valence-electron chi connectivity index (χ4n) is 0.975. The van der Waals surface area contributed by atoms with E-state index in [9.17, 15) is 14.7 Å². The maximum absolute atomic E-state index is 10.8. The third kappa shape index (κ3) is 4.48. The standard InChI is InChI=1S/C10H10N2O4.Na.H/c1-2-9(14)12-11-6-3-4-7(10(15)16)8(13)5-6;;/h2-5,11,13H,1H2,(H,12,14)(H,15,16);;. The van der Waals surface area contributed by atoms with E-state index < -0.39 is 11.9 Å². The van der Waals surface area contributed by atoms with Crippen molar-refractivity contribution in [3.05, 3.63) is 36.4 Å². The van der Waals surface area contributed by atoms with Crippen LogP contribution in [0, 0.1) is 0 Å². The molecule has 86 valence electrons. The van der Waals surface area contributed by atoms with E-state index in [2.05, 4.69) is 17.4 Å². The first kappa shape index (κ1) is 15.5. The Labute approximate surface area is 120 Å². The summed E-state index contributed by atoms with van der Waals surface area (Å²) in [5.74, 6) is -2.05. The van der Waals surface area contributed by atoms with Crippen LogP contribution < -0.4 is 10.9 Å². The van der Waals surface area contributed by atoms with Crippen molar-refractivity contribution in [3.8, 4) is 5.75 Å². The molecule has 1 amide bonds. The van der Waals surface area contributed by atoms with Crippen molar-refractivity contribution in [2.75, 3.05) is 5.43 Å². The number of nitrogens with one attached hydrogen (secondary N) is 2. The number of hydrazine groups is 1. The minimum absolute atomic E-state index is 0. The number of carbonyl (C=O) groups excluding carboxylic acids is 1. The summed E-state index contributed by atoms with van der Waals surface area (Å²) >= 11 is 0. The van der Waals surface area contributed by atoms with Gasteiger partial charge in [-0.25, -0.2) is 4.79 Å². The summed E-state index contributed by atoms with van der Waals surface area (Å²) in [6.45, 7) is 3.25. The van der Waals surface area contributed by atoms with Gasteiger partial charge >= 0.3 is 35.5 Å². The number of phenols is 1. The Morgan fingerprint density at radius 3 is 2.47 bits per heavy atom. The molecule has 0 spiro atoms. The molecule has 0 saturated heterocycles. The monoisotopic (exact) mass is 246 g/mol. The van der Waals surface area contributed by atoms with Crippen molar-refractivity contribution >= 4 is 47.1 Å². The van der Waals surface area contributed by atoms with Crippen LogP contribution in [0.1, 0.15) is 10.4 Å². The Hall–Kier alpha value is -1.50. The molecule has 1 aromatic rings. The summed E-state index contributed by atoms with van der Waals surface area (Å²) in [6.07, 6.45) is 1.07. The molecule has 0 unspecified atom stereocenters. The van der Waals surface area contributed by atoms with Crippen LogP contribution in [0.4, 0.5) is 5.69 Å². The molecule has 7 heteroatoms. The van der Waals surface area contributed by atoms with Crippen LogP contribution in [0.25, 0.3) is 0 Å². The van der Waals surface area contributed by atoms with Gasteiger partial charge in [-0.15, -0.1) is 0 Å². The molecule has 17 heavy (non-hydrogen) atoms. The molecule has 0 aliphatic rings. The average Bonchev–Trinajstić information content (AvgIpc) is 2.25. The Morgan fingerprint density at radius 2 is 2.00 bits per heavy atom. The third-order valence-electron chi connectivity index (χ3n) is 1.74. The van der Waals surface area contributed by atoms with Gasteiger partial charge < -0.3 is 10.2 Å². The number of amides is 1. The van der Waals surface area contributed by atoms with Gasteiger partial charge in [0.05, 0.1) is 5.69 Å². The second-order valence-electron chi connectivity index (χ2n) is 2.86. The number of hydrogen-bond acceptors (Lipinski definition) is 4. The van der Waals surface area contributed by atoms with Crippen LogP contribution in [0.5, 0.6) is 5.75 Å². The molecular formula is C10H11N2NaO4. The number of benzene rings is 1. The van der Waals surface area contributed by atoms with Crippen LogP contribution in [-0.4, -0.2) is 51.6 Å². The summed E-state index contributed by atoms with van der Waals surface area (Å²) in [4.78, 5) is 21.4. The van der Waals surface area contributed by atoms with Crippen LogP contribution in [0.2, 0.25) is 0 Å². The Kier molecular flexibility index (Phi) is 6.34. The Morgan fingerprint density at radius 1 is 1.35 bits per heavy atom. The van der Waals surface area contributed by atoms with Gasteiger partial charge in [-0.2, -0.15) is 0 Å². The zero-order valence-electron chi connectivity index (χ0n) is 8.23. The molecule has 0 radical (unpaired) electrons. The van der Waals surface area contributed by atoms with Gasteiger partial charge in [0.25, 0.3) is 5.91 Å². The first-order valence-corrected chi connectivity index (χ1v) is 4.29. The fraction of sp³-hybridized carbons (Fsp3) is 0. The normalized spacial score (nSPS) is 8.71. The SMILES string of the molecule is C=CC(=O)NNc1ccc(C(=O)O)c(O)c1.[NaH]. The second-order valence-corrected chi connectivity index (χ2v) is 2.86. The van der Waals surface area contributed by atoms with Crippen molar-refractivity contribution < 1.29 is 19.8 Å². The number of aromatic hydroxyl groups is 1.